The number of carboxylic acid groups (broad SMARTS) is 1. The molecule has 0 aromatic heterocycles. The summed E-state index contributed by atoms with van der Waals surface area (Å²) in [5.41, 5.74) is 28.0. The first-order valence-electron chi connectivity index (χ1n) is 22.1. The second-order valence-corrected chi connectivity index (χ2v) is 16.0. The van der Waals surface area contributed by atoms with Gasteiger partial charge in [0.1, 0.15) is 48.3 Å². The van der Waals surface area contributed by atoms with E-state index in [0.29, 0.717) is 37.8 Å². The molecule has 376 valence electrons. The highest BCUT2D eigenvalue weighted by Gasteiger charge is 2.36. The van der Waals surface area contributed by atoms with Gasteiger partial charge in [-0.3, -0.25) is 47.9 Å². The van der Waals surface area contributed by atoms with Crippen LogP contribution >= 0.6 is 0 Å². The Labute approximate surface area is 388 Å². The van der Waals surface area contributed by atoms with Crippen molar-refractivity contribution in [2.75, 3.05) is 26.3 Å². The molecule has 0 unspecified atom stereocenters. The number of aliphatic hydroxyl groups is 2. The van der Waals surface area contributed by atoms with Crippen molar-refractivity contribution < 1.29 is 63.3 Å². The lowest BCUT2D eigenvalue weighted by molar-refractivity contribution is -0.138. The maximum atomic E-state index is 14.2. The van der Waals surface area contributed by atoms with Crippen LogP contribution in [0.1, 0.15) is 83.6 Å². The van der Waals surface area contributed by atoms with E-state index in [1.165, 1.54) is 0 Å². The normalized spacial score (nSPS) is 15.0. The molecule has 0 spiro atoms. The summed E-state index contributed by atoms with van der Waals surface area (Å²) in [6, 6.07) is -3.41. The first kappa shape index (κ1) is 58.7. The average Bonchev–Trinajstić information content (AvgIpc) is 3.29. The number of unbranched alkanes of at least 4 members (excludes halogenated alkanes) is 2. The second kappa shape index (κ2) is 31.6. The number of rotatable bonds is 34. The van der Waals surface area contributed by atoms with Gasteiger partial charge in [-0.2, -0.15) is 0 Å². The molecule has 0 saturated heterocycles. The molecule has 0 aliphatic rings. The van der Waals surface area contributed by atoms with Gasteiger partial charge < -0.3 is 81.2 Å². The summed E-state index contributed by atoms with van der Waals surface area (Å²) in [6.07, 6.45) is 0.171. The van der Waals surface area contributed by atoms with Crippen molar-refractivity contribution in [2.24, 2.45) is 34.6 Å². The highest BCUT2D eigenvalue weighted by molar-refractivity contribution is 5.98. The van der Waals surface area contributed by atoms with E-state index in [0.717, 1.165) is 0 Å². The summed E-state index contributed by atoms with van der Waals surface area (Å²) in [5, 5.41) is 46.0. The molecule has 0 saturated carbocycles. The zero-order chi connectivity index (χ0) is 50.6. The minimum absolute atomic E-state index is 0.0344. The molecule has 9 amide bonds. The number of hydrogen-bond acceptors (Lipinski definition) is 15. The lowest BCUT2D eigenvalue weighted by Gasteiger charge is -2.29. The fraction of sp³-hybridized carbons (Fsp3) is 0.619. The van der Waals surface area contributed by atoms with Crippen LogP contribution in [0.15, 0.2) is 30.3 Å². The number of amides is 9. The Morgan fingerprint density at radius 2 is 1.03 bits per heavy atom. The molecule has 1 rings (SSSR count). The van der Waals surface area contributed by atoms with E-state index in [1.807, 2.05) is 0 Å². The molecular weight excluding hydrogens is 881 g/mol. The highest BCUT2D eigenvalue weighted by Crippen LogP contribution is 2.12. The number of aliphatic carboxylic acids is 1. The van der Waals surface area contributed by atoms with E-state index < -0.39 is 146 Å². The molecule has 0 radical (unpaired) electrons. The monoisotopic (exact) mass is 951 g/mol. The number of primary amides is 2. The molecule has 1 aromatic rings. The molecule has 67 heavy (non-hydrogen) atoms. The zero-order valence-corrected chi connectivity index (χ0v) is 38.0. The predicted octanol–water partition coefficient (Wildman–Crippen LogP) is -5.54. The Morgan fingerprint density at radius 3 is 1.52 bits per heavy atom. The number of carboxylic acids is 1. The number of nitrogens with two attached hydrogens (primary N) is 5. The first-order chi connectivity index (χ1) is 31.7. The molecule has 1 aromatic carbocycles. The van der Waals surface area contributed by atoms with Gasteiger partial charge in [-0.15, -0.1) is 0 Å². The maximum absolute atomic E-state index is 14.2. The van der Waals surface area contributed by atoms with Crippen molar-refractivity contribution in [3.8, 4) is 0 Å². The summed E-state index contributed by atoms with van der Waals surface area (Å²) >= 11 is 0. The van der Waals surface area contributed by atoms with Crippen LogP contribution in [0.5, 0.6) is 0 Å². The fourth-order valence-electron chi connectivity index (χ4n) is 6.41. The highest BCUT2D eigenvalue weighted by atomic mass is 16.4. The van der Waals surface area contributed by atoms with E-state index in [9.17, 15) is 63.3 Å². The number of nitrogens with one attached hydrogen (secondary N) is 7. The molecule has 0 aliphatic heterocycles. The summed E-state index contributed by atoms with van der Waals surface area (Å²) in [4.78, 5) is 130. The van der Waals surface area contributed by atoms with E-state index in [2.05, 4.69) is 37.2 Å². The minimum Gasteiger partial charge on any atom is -0.481 e. The maximum Gasteiger partial charge on any atom is 0.303 e. The van der Waals surface area contributed by atoms with E-state index in [4.69, 9.17) is 28.7 Å². The molecule has 20 N–H and O–H groups in total. The smallest absolute Gasteiger partial charge is 0.303 e. The third-order valence-corrected chi connectivity index (χ3v) is 10.6. The molecule has 9 atom stereocenters. The first-order valence-corrected chi connectivity index (χ1v) is 22.1. The van der Waals surface area contributed by atoms with Gasteiger partial charge in [0.15, 0.2) is 0 Å². The quantitative estimate of drug-likeness (QED) is 0.0287. The molecule has 25 heteroatoms. The third-order valence-electron chi connectivity index (χ3n) is 10.6. The molecule has 0 heterocycles. The van der Waals surface area contributed by atoms with Crippen LogP contribution in [0.3, 0.4) is 0 Å². The lowest BCUT2D eigenvalue weighted by atomic mass is 9.97. The molecule has 0 fully saturated rings. The van der Waals surface area contributed by atoms with Gasteiger partial charge in [-0.05, 0) is 69.5 Å². The standard InChI is InChI=1S/C42H70N12O13/c1-3-23(2)34(54-40(65)30(20-32(46)57)51-36(61)25(45)21-55)42(67)53-31(22-56)41(66)52-29(19-24-11-5-4-6-12-24)39(64)49-27(14-8-10-18-44)37(62)50-28(15-16-33(58)59)38(63)48-26(35(47)60)13-7-9-17-43/h4-6,11-12,23,25-31,34,55-56H,3,7-10,13-22,43-45H2,1-2H3,(H2,46,57)(H2,47,60)(H,48,63)(H,49,64)(H,50,62)(H,51,61)(H,52,66)(H,53,67)(H,54,65)(H,58,59)/t23-,25-,26-,27-,28-,29-,30-,31-,34-/m0/s1. The lowest BCUT2D eigenvalue weighted by Crippen LogP contribution is -2.62. The fourth-order valence-corrected chi connectivity index (χ4v) is 6.41. The van der Waals surface area contributed by atoms with Crippen LogP contribution in [0, 0.1) is 5.92 Å². The van der Waals surface area contributed by atoms with Crippen molar-refractivity contribution in [2.45, 2.75) is 133 Å². The zero-order valence-electron chi connectivity index (χ0n) is 38.0. The van der Waals surface area contributed by atoms with Crippen molar-refractivity contribution in [3.63, 3.8) is 0 Å². The van der Waals surface area contributed by atoms with Crippen LogP contribution in [-0.2, 0) is 54.4 Å². The molecule has 25 nitrogen and oxygen atoms in total. The van der Waals surface area contributed by atoms with Crippen LogP contribution in [0.25, 0.3) is 0 Å². The number of benzene rings is 1. The number of hydrogen-bond donors (Lipinski definition) is 15. The Hall–Kier alpha value is -6.28. The topological polar surface area (TPSA) is 446 Å². The van der Waals surface area contributed by atoms with Crippen LogP contribution in [0.2, 0.25) is 0 Å². The summed E-state index contributed by atoms with van der Waals surface area (Å²) in [6.45, 7) is 2.00. The number of carbonyl (C=O) groups is 10. The second-order valence-electron chi connectivity index (χ2n) is 16.0. The van der Waals surface area contributed by atoms with Gasteiger partial charge in [0.05, 0.1) is 19.6 Å². The summed E-state index contributed by atoms with van der Waals surface area (Å²) in [7, 11) is 0. The van der Waals surface area contributed by atoms with Crippen molar-refractivity contribution in [3.05, 3.63) is 35.9 Å². The largest absolute Gasteiger partial charge is 0.481 e. The molecular formula is C42H70N12O13. The van der Waals surface area contributed by atoms with Gasteiger partial charge in [-0.1, -0.05) is 50.6 Å². The van der Waals surface area contributed by atoms with E-state index in [1.54, 1.807) is 44.2 Å². The SMILES string of the molecule is CC[C@H](C)[C@H](NC(=O)[C@H](CC(N)=O)NC(=O)[C@@H](N)CO)C(=O)N[C@@H](CO)C(=O)N[C@@H](Cc1ccccc1)C(=O)N[C@@H](CCCCN)C(=O)N[C@@H](CCC(=O)O)C(=O)N[C@@H](CCCCN)C(N)=O. The van der Waals surface area contributed by atoms with Crippen LogP contribution in [0.4, 0.5) is 0 Å². The Bertz CT molecular complexity index is 1810. The average molecular weight is 951 g/mol. The Balaban J connectivity index is 3.47. The third kappa shape index (κ3) is 22.2. The Kier molecular flexibility index (Phi) is 27.7. The Morgan fingerprint density at radius 1 is 0.567 bits per heavy atom. The predicted molar refractivity (Wildman–Crippen MR) is 241 cm³/mol. The van der Waals surface area contributed by atoms with Crippen molar-refractivity contribution in [1.29, 1.82) is 0 Å². The van der Waals surface area contributed by atoms with E-state index in [-0.39, 0.29) is 32.2 Å². The number of aliphatic hydroxyl groups excluding tert-OH is 2. The van der Waals surface area contributed by atoms with Gasteiger partial charge in [0, 0.05) is 12.8 Å². The summed E-state index contributed by atoms with van der Waals surface area (Å²) in [5.74, 6) is -10.6. The van der Waals surface area contributed by atoms with Gasteiger partial charge in [0.2, 0.25) is 53.2 Å². The van der Waals surface area contributed by atoms with Crippen molar-refractivity contribution >= 4 is 59.1 Å². The molecule has 0 aliphatic carbocycles. The molecule has 0 bridgehead atoms. The van der Waals surface area contributed by atoms with Crippen molar-refractivity contribution in [1.82, 2.24) is 37.2 Å². The van der Waals surface area contributed by atoms with Gasteiger partial charge in [0.25, 0.3) is 0 Å². The minimum atomic E-state index is -1.73. The summed E-state index contributed by atoms with van der Waals surface area (Å²) < 4.78 is 0. The van der Waals surface area contributed by atoms with E-state index >= 15 is 0 Å². The van der Waals surface area contributed by atoms with Gasteiger partial charge in [-0.25, -0.2) is 0 Å². The van der Waals surface area contributed by atoms with Gasteiger partial charge >= 0.3 is 5.97 Å². The van der Waals surface area contributed by atoms with Crippen LogP contribution in [-0.4, -0.2) is 149 Å². The number of carbonyl (C=O) groups excluding carboxylic acids is 9. The van der Waals surface area contributed by atoms with Crippen LogP contribution < -0.4 is 65.9 Å².